The van der Waals surface area contributed by atoms with Crippen LogP contribution in [0.4, 0.5) is 5.69 Å². The van der Waals surface area contributed by atoms with Crippen molar-refractivity contribution < 1.29 is 0 Å². The SMILES string of the molecule is C=Cc1c(C=N)c2ccccc2n1-c1cccc(-c2cccc(-c3ccc(-n4c(/C=C\C)c(N)c5ccccc54)cc3)n2)n1. The van der Waals surface area contributed by atoms with Gasteiger partial charge in [-0.25, -0.2) is 9.97 Å². The third kappa shape index (κ3) is 4.32. The number of hydrogen-bond donors (Lipinski definition) is 2. The zero-order valence-electron chi connectivity index (χ0n) is 24.3. The van der Waals surface area contributed by atoms with Crippen molar-refractivity contribution >= 4 is 45.9 Å². The molecule has 6 nitrogen and oxygen atoms in total. The second-order valence-electron chi connectivity index (χ2n) is 10.5. The van der Waals surface area contributed by atoms with Crippen LogP contribution in [0.15, 0.2) is 122 Å². The molecule has 0 spiro atoms. The summed E-state index contributed by atoms with van der Waals surface area (Å²) in [7, 11) is 0. The second kappa shape index (κ2) is 11.0. The van der Waals surface area contributed by atoms with Gasteiger partial charge in [0.2, 0.25) is 0 Å². The number of para-hydroxylation sites is 2. The van der Waals surface area contributed by atoms with Gasteiger partial charge in [-0.15, -0.1) is 0 Å². The van der Waals surface area contributed by atoms with E-state index < -0.39 is 0 Å². The zero-order valence-corrected chi connectivity index (χ0v) is 24.3. The van der Waals surface area contributed by atoms with E-state index in [0.29, 0.717) is 0 Å². The van der Waals surface area contributed by atoms with Gasteiger partial charge in [-0.2, -0.15) is 0 Å². The molecule has 0 amide bonds. The van der Waals surface area contributed by atoms with Gasteiger partial charge >= 0.3 is 0 Å². The van der Waals surface area contributed by atoms with E-state index in [1.165, 1.54) is 6.21 Å². The molecule has 0 unspecified atom stereocenters. The first-order chi connectivity index (χ1) is 21.6. The fourth-order valence-electron chi connectivity index (χ4n) is 5.98. The molecule has 4 aromatic heterocycles. The summed E-state index contributed by atoms with van der Waals surface area (Å²) in [5, 5.41) is 10.1. The average molecular weight is 571 g/mol. The summed E-state index contributed by atoms with van der Waals surface area (Å²) in [6.45, 7) is 6.03. The van der Waals surface area contributed by atoms with E-state index in [4.69, 9.17) is 21.1 Å². The van der Waals surface area contributed by atoms with Crippen LogP contribution >= 0.6 is 0 Å². The lowest BCUT2D eigenvalue weighted by Crippen LogP contribution is -2.02. The highest BCUT2D eigenvalue weighted by atomic mass is 15.1. The summed E-state index contributed by atoms with van der Waals surface area (Å²) in [6, 6.07) is 36.6. The number of nitrogens with one attached hydrogen (secondary N) is 1. The maximum atomic E-state index is 8.03. The van der Waals surface area contributed by atoms with Gasteiger partial charge in [0.15, 0.2) is 0 Å². The van der Waals surface area contributed by atoms with Gasteiger partial charge in [0.25, 0.3) is 0 Å². The number of anilines is 1. The van der Waals surface area contributed by atoms with Crippen LogP contribution in [0.3, 0.4) is 0 Å². The molecule has 0 saturated carbocycles. The first-order valence-electron chi connectivity index (χ1n) is 14.5. The molecule has 0 atom stereocenters. The van der Waals surface area contributed by atoms with E-state index in [1.54, 1.807) is 6.08 Å². The minimum Gasteiger partial charge on any atom is -0.396 e. The van der Waals surface area contributed by atoms with Crippen LogP contribution in [0, 0.1) is 5.41 Å². The largest absolute Gasteiger partial charge is 0.396 e. The Labute approximate surface area is 255 Å². The maximum absolute atomic E-state index is 8.03. The lowest BCUT2D eigenvalue weighted by molar-refractivity contribution is 1.03. The number of aromatic nitrogens is 4. The van der Waals surface area contributed by atoms with Crippen LogP contribution < -0.4 is 5.73 Å². The number of hydrogen-bond acceptors (Lipinski definition) is 4. The van der Waals surface area contributed by atoms with E-state index in [-0.39, 0.29) is 0 Å². The second-order valence-corrected chi connectivity index (χ2v) is 10.5. The Bertz CT molecular complexity index is 2230. The Balaban J connectivity index is 1.27. The number of nitrogen functional groups attached to an aromatic ring is 1. The van der Waals surface area contributed by atoms with Gasteiger partial charge in [-0.05, 0) is 67.6 Å². The summed E-state index contributed by atoms with van der Waals surface area (Å²) in [5.74, 6) is 0.744. The summed E-state index contributed by atoms with van der Waals surface area (Å²) in [4.78, 5) is 10.0. The lowest BCUT2D eigenvalue weighted by atomic mass is 10.1. The molecule has 0 saturated heterocycles. The molecule has 0 aliphatic rings. The highest BCUT2D eigenvalue weighted by Crippen LogP contribution is 2.34. The number of rotatable bonds is 7. The minimum absolute atomic E-state index is 0.744. The molecule has 3 aromatic carbocycles. The zero-order chi connectivity index (χ0) is 30.2. The summed E-state index contributed by atoms with van der Waals surface area (Å²) in [6.07, 6.45) is 7.22. The lowest BCUT2D eigenvalue weighted by Gasteiger charge is -2.11. The van der Waals surface area contributed by atoms with Crippen LogP contribution in [0.1, 0.15) is 23.9 Å². The third-order valence-corrected chi connectivity index (χ3v) is 7.96. The number of nitrogens with zero attached hydrogens (tertiary/aromatic N) is 4. The molecule has 6 heteroatoms. The van der Waals surface area contributed by atoms with Crippen molar-refractivity contribution in [3.8, 4) is 34.2 Å². The van der Waals surface area contributed by atoms with Crippen molar-refractivity contribution in [3.05, 3.63) is 139 Å². The van der Waals surface area contributed by atoms with Crippen LogP contribution in [-0.2, 0) is 0 Å². The smallest absolute Gasteiger partial charge is 0.138 e. The minimum atomic E-state index is 0.744. The molecule has 3 N–H and O–H groups in total. The summed E-state index contributed by atoms with van der Waals surface area (Å²) in [5.41, 5.74) is 16.4. The molecule has 0 radical (unpaired) electrons. The maximum Gasteiger partial charge on any atom is 0.138 e. The van der Waals surface area contributed by atoms with E-state index in [9.17, 15) is 0 Å². The number of fused-ring (bicyclic) bond motifs is 2. The van der Waals surface area contributed by atoms with Crippen molar-refractivity contribution in [1.82, 2.24) is 19.1 Å². The van der Waals surface area contributed by atoms with Gasteiger partial charge in [-0.1, -0.05) is 73.3 Å². The molecule has 0 aliphatic carbocycles. The third-order valence-electron chi connectivity index (χ3n) is 7.96. The highest BCUT2D eigenvalue weighted by molar-refractivity contribution is 6.03. The normalized spacial score (nSPS) is 11.5. The molecule has 7 aromatic rings. The van der Waals surface area contributed by atoms with Crippen LogP contribution in [0.5, 0.6) is 0 Å². The van der Waals surface area contributed by atoms with Crippen molar-refractivity contribution in [2.45, 2.75) is 6.92 Å². The number of pyridine rings is 2. The van der Waals surface area contributed by atoms with Gasteiger partial charge in [0.1, 0.15) is 5.82 Å². The van der Waals surface area contributed by atoms with Crippen molar-refractivity contribution in [1.29, 1.82) is 5.41 Å². The highest BCUT2D eigenvalue weighted by Gasteiger charge is 2.17. The first kappa shape index (κ1) is 26.9. The molecule has 0 fully saturated rings. The molecule has 0 aliphatic heterocycles. The number of nitrogens with two attached hydrogens (primary N) is 1. The fourth-order valence-corrected chi connectivity index (χ4v) is 5.98. The Hall–Kier alpha value is -6.01. The molecule has 7 rings (SSSR count). The van der Waals surface area contributed by atoms with Crippen molar-refractivity contribution in [2.24, 2.45) is 0 Å². The average Bonchev–Trinajstić information content (AvgIpc) is 3.56. The van der Waals surface area contributed by atoms with Gasteiger partial charge < -0.3 is 15.7 Å². The Morgan fingerprint density at radius 1 is 0.682 bits per heavy atom. The van der Waals surface area contributed by atoms with Crippen molar-refractivity contribution in [2.75, 3.05) is 5.73 Å². The van der Waals surface area contributed by atoms with E-state index >= 15 is 0 Å². The monoisotopic (exact) mass is 570 g/mol. The van der Waals surface area contributed by atoms with Gasteiger partial charge in [-0.3, -0.25) is 4.57 Å². The Kier molecular flexibility index (Phi) is 6.72. The predicted octanol–water partition coefficient (Wildman–Crippen LogP) is 8.95. The number of benzene rings is 3. The molecule has 212 valence electrons. The fraction of sp³-hybridized carbons (Fsp3) is 0.0263. The van der Waals surface area contributed by atoms with Gasteiger partial charge in [0.05, 0.1) is 45.2 Å². The van der Waals surface area contributed by atoms with Crippen LogP contribution in [0.2, 0.25) is 0 Å². The Morgan fingerprint density at radius 2 is 1.32 bits per heavy atom. The molecule has 4 heterocycles. The van der Waals surface area contributed by atoms with Crippen molar-refractivity contribution in [3.63, 3.8) is 0 Å². The standard InChI is InChI=1S/C38H30N6/c1-3-11-36-38(40)28-13-6-8-18-35(28)43(36)26-22-20-25(21-23-26)30-14-9-15-31(41-30)32-16-10-19-37(42-32)44-33(4-2)29(24-39)27-12-5-7-17-34(27)44/h3-24,39H,2,40H2,1H3/b11-3-,39-24?. The topological polar surface area (TPSA) is 85.5 Å². The molecule has 44 heavy (non-hydrogen) atoms. The van der Waals surface area contributed by atoms with Crippen LogP contribution in [-0.4, -0.2) is 25.3 Å². The van der Waals surface area contributed by atoms with Crippen LogP contribution in [0.25, 0.3) is 68.1 Å². The first-order valence-corrected chi connectivity index (χ1v) is 14.5. The molecular weight excluding hydrogens is 540 g/mol. The molecule has 0 bridgehead atoms. The Morgan fingerprint density at radius 3 is 2.02 bits per heavy atom. The van der Waals surface area contributed by atoms with Gasteiger partial charge in [0, 0.05) is 33.8 Å². The van der Waals surface area contributed by atoms with E-state index in [2.05, 4.69) is 58.2 Å². The van der Waals surface area contributed by atoms with E-state index in [0.717, 1.165) is 78.6 Å². The predicted molar refractivity (Wildman–Crippen MR) is 184 cm³/mol. The number of allylic oxidation sites excluding steroid dienone is 1. The summed E-state index contributed by atoms with van der Waals surface area (Å²) < 4.78 is 4.24. The molecular formula is C38H30N6. The summed E-state index contributed by atoms with van der Waals surface area (Å²) >= 11 is 0. The van der Waals surface area contributed by atoms with E-state index in [1.807, 2.05) is 85.8 Å². The quantitative estimate of drug-likeness (QED) is 0.188.